The van der Waals surface area contributed by atoms with E-state index in [1.165, 1.54) is 6.07 Å². The van der Waals surface area contributed by atoms with E-state index in [2.05, 4.69) is 5.32 Å². The summed E-state index contributed by atoms with van der Waals surface area (Å²) >= 11 is 0. The number of nitrogens with zero attached hydrogens (tertiary/aromatic N) is 3. The Morgan fingerprint density at radius 2 is 1.29 bits per heavy atom. The van der Waals surface area contributed by atoms with Crippen molar-refractivity contribution in [2.45, 2.75) is 6.04 Å². The molecule has 1 heterocycles. The monoisotopic (exact) mass is 292 g/mol. The average Bonchev–Trinajstić information content (AvgIpc) is 3.30. The molecule has 104 valence electrons. The van der Waals surface area contributed by atoms with E-state index in [4.69, 9.17) is 15.8 Å². The van der Waals surface area contributed by atoms with Crippen molar-refractivity contribution >= 4 is 11.1 Å². The van der Waals surface area contributed by atoms with Crippen molar-refractivity contribution in [2.75, 3.05) is 6.54 Å². The minimum Gasteiger partial charge on any atom is -0.306 e. The number of benzene rings is 1. The van der Waals surface area contributed by atoms with Gasteiger partial charge in [0.2, 0.25) is 0 Å². The third-order valence-electron chi connectivity index (χ3n) is 2.88. The highest BCUT2D eigenvalue weighted by Gasteiger charge is 2.30. The molecule has 4 nitrogen and oxygen atoms in total. The highest BCUT2D eigenvalue weighted by Crippen LogP contribution is 2.13. The Morgan fingerprint density at radius 1 is 0.857 bits per heavy atom. The summed E-state index contributed by atoms with van der Waals surface area (Å²) in [5.74, 6) is -7.37. The second kappa shape index (κ2) is 5.24. The molecule has 1 atom stereocenters. The van der Waals surface area contributed by atoms with Crippen LogP contribution in [0.3, 0.4) is 0 Å². The lowest BCUT2D eigenvalue weighted by Crippen LogP contribution is -2.32. The van der Waals surface area contributed by atoms with Crippen LogP contribution in [0.15, 0.2) is 0 Å². The molecule has 0 aromatic heterocycles. The van der Waals surface area contributed by atoms with Crippen LogP contribution in [0, 0.1) is 57.3 Å². The van der Waals surface area contributed by atoms with Gasteiger partial charge in [-0.3, -0.25) is 0 Å². The maximum atomic E-state index is 13.9. The molecular formula is C13H4F4N4. The molecule has 0 spiro atoms. The first-order valence-electron chi connectivity index (χ1n) is 5.52. The molecule has 1 aliphatic rings. The molecule has 0 amide bonds. The van der Waals surface area contributed by atoms with Gasteiger partial charge in [0.15, 0.2) is 23.3 Å². The highest BCUT2D eigenvalue weighted by atomic mass is 19.2. The smallest absolute Gasteiger partial charge is 0.171 e. The van der Waals surface area contributed by atoms with Crippen LogP contribution in [-0.4, -0.2) is 12.6 Å². The molecule has 1 aliphatic heterocycles. The largest absolute Gasteiger partial charge is 0.306 e. The van der Waals surface area contributed by atoms with E-state index in [0.717, 1.165) is 12.1 Å². The molecule has 1 saturated heterocycles. The van der Waals surface area contributed by atoms with Crippen LogP contribution < -0.4 is 15.8 Å². The van der Waals surface area contributed by atoms with Gasteiger partial charge in [0.25, 0.3) is 0 Å². The molecule has 1 unspecified atom stereocenters. The quantitative estimate of drug-likeness (QED) is 0.451. The number of rotatable bonds is 1. The molecule has 1 N–H and O–H groups in total. The maximum Gasteiger partial charge on any atom is 0.171 e. The zero-order valence-corrected chi connectivity index (χ0v) is 10.1. The fraction of sp³-hybridized carbons (Fsp3) is 0.154. The Balaban J connectivity index is 3.10. The van der Waals surface area contributed by atoms with Crippen molar-refractivity contribution < 1.29 is 17.6 Å². The first kappa shape index (κ1) is 14.5. The van der Waals surface area contributed by atoms with Gasteiger partial charge in [0, 0.05) is 6.54 Å². The summed E-state index contributed by atoms with van der Waals surface area (Å²) in [6.07, 6.45) is 0. The normalized spacial score (nSPS) is 15.6. The van der Waals surface area contributed by atoms with Gasteiger partial charge >= 0.3 is 0 Å². The summed E-state index contributed by atoms with van der Waals surface area (Å²) in [6.45, 7) is 0.251. The van der Waals surface area contributed by atoms with E-state index in [-0.39, 0.29) is 6.54 Å². The maximum absolute atomic E-state index is 13.9. The molecule has 8 heteroatoms. The number of halogens is 4. The van der Waals surface area contributed by atoms with E-state index in [1.54, 1.807) is 0 Å². The Kier molecular flexibility index (Phi) is 3.62. The van der Waals surface area contributed by atoms with Gasteiger partial charge in [-0.1, -0.05) is 0 Å². The zero-order chi connectivity index (χ0) is 15.7. The van der Waals surface area contributed by atoms with Crippen LogP contribution >= 0.6 is 0 Å². The topological polar surface area (TPSA) is 93.3 Å². The molecule has 0 radical (unpaired) electrons. The summed E-state index contributed by atoms with van der Waals surface area (Å²) in [4.78, 5) is 0. The second-order valence-electron chi connectivity index (χ2n) is 4.09. The number of hydrogen-bond acceptors (Lipinski definition) is 4. The second-order valence-corrected chi connectivity index (χ2v) is 4.09. The molecule has 1 aromatic carbocycles. The lowest BCUT2D eigenvalue weighted by Gasteiger charge is -2.03. The van der Waals surface area contributed by atoms with Gasteiger partial charge in [-0.2, -0.15) is 15.8 Å². The molecule has 0 aliphatic carbocycles. The van der Waals surface area contributed by atoms with Gasteiger partial charge < -0.3 is 5.32 Å². The Bertz CT molecular complexity index is 828. The van der Waals surface area contributed by atoms with Gasteiger partial charge in [0.1, 0.15) is 17.7 Å². The Labute approximate surface area is 115 Å². The average molecular weight is 292 g/mol. The summed E-state index contributed by atoms with van der Waals surface area (Å²) in [5.41, 5.74) is -1.58. The molecule has 0 bridgehead atoms. The lowest BCUT2D eigenvalue weighted by atomic mass is 10.1. The van der Waals surface area contributed by atoms with E-state index >= 15 is 0 Å². The van der Waals surface area contributed by atoms with Crippen molar-refractivity contribution in [1.29, 1.82) is 15.8 Å². The van der Waals surface area contributed by atoms with Gasteiger partial charge in [-0.15, -0.1) is 0 Å². The zero-order valence-electron chi connectivity index (χ0n) is 10.1. The van der Waals surface area contributed by atoms with E-state index in [9.17, 15) is 17.6 Å². The molecular weight excluding hydrogens is 288 g/mol. The molecule has 2 rings (SSSR count). The minimum atomic E-state index is -1.88. The highest BCUT2D eigenvalue weighted by molar-refractivity contribution is 5.73. The first-order valence-corrected chi connectivity index (χ1v) is 5.52. The SMILES string of the molecule is N#CC(C#N)=c1c(F)c(F)c(=C(C#N)C2CN2)c(F)c1F. The Morgan fingerprint density at radius 3 is 1.62 bits per heavy atom. The summed E-state index contributed by atoms with van der Waals surface area (Å²) < 4.78 is 55.6. The van der Waals surface area contributed by atoms with Crippen LogP contribution in [0.4, 0.5) is 17.6 Å². The summed E-state index contributed by atoms with van der Waals surface area (Å²) in [7, 11) is 0. The van der Waals surface area contributed by atoms with Crippen LogP contribution in [0.5, 0.6) is 0 Å². The van der Waals surface area contributed by atoms with Crippen molar-refractivity contribution in [3.63, 3.8) is 0 Å². The van der Waals surface area contributed by atoms with Crippen LogP contribution in [0.2, 0.25) is 0 Å². The van der Waals surface area contributed by atoms with Crippen LogP contribution in [0.25, 0.3) is 11.1 Å². The van der Waals surface area contributed by atoms with Crippen LogP contribution in [0.1, 0.15) is 0 Å². The number of nitrogens with one attached hydrogen (secondary N) is 1. The summed E-state index contributed by atoms with van der Waals surface area (Å²) in [5, 5.41) is 26.1. The standard InChI is InChI=1S/C13H4F4N4/c14-10-8(5(1-18)2-19)11(15)13(17)9(12(10)16)6(3-20)7-4-21-7/h7,21H,4H2. The van der Waals surface area contributed by atoms with E-state index in [0.29, 0.717) is 0 Å². The van der Waals surface area contributed by atoms with Gasteiger partial charge in [-0.05, 0) is 0 Å². The predicted octanol–water partition coefficient (Wildman–Crippen LogP) is 0.0869. The lowest BCUT2D eigenvalue weighted by molar-refractivity contribution is 0.434. The molecule has 0 saturated carbocycles. The van der Waals surface area contributed by atoms with Crippen molar-refractivity contribution in [2.24, 2.45) is 0 Å². The third-order valence-corrected chi connectivity index (χ3v) is 2.88. The molecule has 21 heavy (non-hydrogen) atoms. The van der Waals surface area contributed by atoms with Crippen molar-refractivity contribution in [1.82, 2.24) is 5.32 Å². The number of nitriles is 3. The van der Waals surface area contributed by atoms with Crippen molar-refractivity contribution in [3.8, 4) is 18.2 Å². The van der Waals surface area contributed by atoms with E-state index in [1.807, 2.05) is 0 Å². The number of hydrogen-bond donors (Lipinski definition) is 1. The van der Waals surface area contributed by atoms with Gasteiger partial charge in [0.05, 0.1) is 28.1 Å². The minimum absolute atomic E-state index is 0.251. The summed E-state index contributed by atoms with van der Waals surface area (Å²) in [6, 6.07) is 3.14. The van der Waals surface area contributed by atoms with Gasteiger partial charge in [-0.25, -0.2) is 17.6 Å². The fourth-order valence-electron chi connectivity index (χ4n) is 1.80. The van der Waals surface area contributed by atoms with E-state index < -0.39 is 50.9 Å². The third kappa shape index (κ3) is 2.20. The molecule has 1 aromatic rings. The predicted molar refractivity (Wildman–Crippen MR) is 61.0 cm³/mol. The van der Waals surface area contributed by atoms with Crippen molar-refractivity contribution in [3.05, 3.63) is 33.7 Å². The van der Waals surface area contributed by atoms with Crippen LogP contribution in [-0.2, 0) is 0 Å². The Hall–Kier alpha value is -2.89. The fourth-order valence-corrected chi connectivity index (χ4v) is 1.80. The molecule has 1 fully saturated rings. The first-order chi connectivity index (χ1) is 9.97.